The predicted molar refractivity (Wildman–Crippen MR) is 87.9 cm³/mol. The van der Waals surface area contributed by atoms with Crippen molar-refractivity contribution in [1.82, 2.24) is 0 Å². The van der Waals surface area contributed by atoms with Crippen molar-refractivity contribution < 1.29 is 9.47 Å². The van der Waals surface area contributed by atoms with Crippen LogP contribution in [0.3, 0.4) is 0 Å². The second-order valence-electron chi connectivity index (χ2n) is 5.72. The van der Waals surface area contributed by atoms with E-state index in [-0.39, 0.29) is 0 Å². The van der Waals surface area contributed by atoms with Gasteiger partial charge >= 0.3 is 0 Å². The lowest BCUT2D eigenvalue weighted by Crippen LogP contribution is -1.92. The molecule has 2 heteroatoms. The number of benzene rings is 1. The summed E-state index contributed by atoms with van der Waals surface area (Å²) in [6.45, 7) is 7.00. The zero-order valence-electron chi connectivity index (χ0n) is 13.4. The van der Waals surface area contributed by atoms with Crippen LogP contribution in [0.5, 0.6) is 11.5 Å². The van der Waals surface area contributed by atoms with Crippen LogP contribution in [0.25, 0.3) is 0 Å². The Hall–Kier alpha value is -1.70. The molecule has 0 aliphatic carbocycles. The van der Waals surface area contributed by atoms with E-state index in [1.54, 1.807) is 0 Å². The number of aryl methyl sites for hydroxylation is 1. The first kappa shape index (κ1) is 15.7. The zero-order valence-corrected chi connectivity index (χ0v) is 13.4. The normalized spacial score (nSPS) is 14.6. The minimum Gasteiger partial charge on any atom is -0.454 e. The summed E-state index contributed by atoms with van der Waals surface area (Å²) in [5.41, 5.74) is 4.28. The van der Waals surface area contributed by atoms with Gasteiger partial charge in [-0.1, -0.05) is 36.3 Å². The van der Waals surface area contributed by atoms with Gasteiger partial charge in [-0.05, 0) is 63.6 Å². The van der Waals surface area contributed by atoms with Crippen molar-refractivity contribution in [2.45, 2.75) is 52.9 Å². The highest BCUT2D eigenvalue weighted by Crippen LogP contribution is 2.32. The monoisotopic (exact) mass is 286 g/mol. The number of allylic oxidation sites excluding steroid dienone is 4. The molecule has 2 nitrogen and oxygen atoms in total. The van der Waals surface area contributed by atoms with Crippen LogP contribution in [-0.2, 0) is 6.42 Å². The maximum atomic E-state index is 5.41. The molecule has 0 saturated carbocycles. The molecule has 21 heavy (non-hydrogen) atoms. The van der Waals surface area contributed by atoms with Crippen LogP contribution in [0.2, 0.25) is 0 Å². The molecule has 2 rings (SSSR count). The van der Waals surface area contributed by atoms with Gasteiger partial charge in [0.1, 0.15) is 0 Å². The van der Waals surface area contributed by atoms with E-state index in [1.807, 2.05) is 6.07 Å². The van der Waals surface area contributed by atoms with Crippen LogP contribution in [-0.4, -0.2) is 6.79 Å². The molecular weight excluding hydrogens is 260 g/mol. The number of rotatable bonds is 7. The van der Waals surface area contributed by atoms with Gasteiger partial charge in [-0.15, -0.1) is 0 Å². The van der Waals surface area contributed by atoms with Crippen LogP contribution in [0.4, 0.5) is 0 Å². The van der Waals surface area contributed by atoms with Crippen molar-refractivity contribution in [3.8, 4) is 11.5 Å². The third-order valence-electron chi connectivity index (χ3n) is 3.95. The molecular formula is C19H26O2. The lowest BCUT2D eigenvalue weighted by atomic mass is 10.0. The maximum absolute atomic E-state index is 5.41. The Labute approximate surface area is 128 Å². The summed E-state index contributed by atoms with van der Waals surface area (Å²) in [5.74, 6) is 1.75. The van der Waals surface area contributed by atoms with Crippen molar-refractivity contribution in [2.75, 3.05) is 6.79 Å². The fraction of sp³-hybridized carbons (Fsp3) is 0.474. The van der Waals surface area contributed by atoms with Crippen LogP contribution in [0.1, 0.15) is 52.0 Å². The van der Waals surface area contributed by atoms with Crippen LogP contribution < -0.4 is 9.47 Å². The number of ether oxygens (including phenoxy) is 2. The molecule has 114 valence electrons. The molecule has 0 saturated heterocycles. The molecule has 0 bridgehead atoms. The highest BCUT2D eigenvalue weighted by atomic mass is 16.7. The highest BCUT2D eigenvalue weighted by molar-refractivity contribution is 5.44. The third-order valence-corrected chi connectivity index (χ3v) is 3.95. The summed E-state index contributed by atoms with van der Waals surface area (Å²) >= 11 is 0. The van der Waals surface area contributed by atoms with E-state index in [2.05, 4.69) is 45.1 Å². The van der Waals surface area contributed by atoms with Crippen molar-refractivity contribution in [3.05, 3.63) is 47.1 Å². The minimum absolute atomic E-state index is 0.350. The predicted octanol–water partition coefficient (Wildman–Crippen LogP) is 5.43. The Morgan fingerprint density at radius 3 is 2.62 bits per heavy atom. The van der Waals surface area contributed by atoms with Gasteiger partial charge in [-0.2, -0.15) is 0 Å². The molecule has 0 radical (unpaired) electrons. The van der Waals surface area contributed by atoms with E-state index >= 15 is 0 Å². The summed E-state index contributed by atoms with van der Waals surface area (Å²) in [5, 5.41) is 0. The minimum atomic E-state index is 0.350. The third kappa shape index (κ3) is 4.96. The molecule has 0 unspecified atom stereocenters. The van der Waals surface area contributed by atoms with Crippen LogP contribution in [0, 0.1) is 0 Å². The first-order valence-electron chi connectivity index (χ1n) is 7.89. The molecule has 1 aliphatic heterocycles. The van der Waals surface area contributed by atoms with E-state index in [4.69, 9.17) is 9.47 Å². The molecule has 0 amide bonds. The van der Waals surface area contributed by atoms with Gasteiger partial charge in [0.2, 0.25) is 6.79 Å². The summed E-state index contributed by atoms with van der Waals surface area (Å²) in [4.78, 5) is 0. The Kier molecular flexibility index (Phi) is 5.91. The van der Waals surface area contributed by atoms with Gasteiger partial charge in [0.15, 0.2) is 11.5 Å². The standard InChI is InChI=1S/C19H26O2/c1-4-15(2)7-5-8-16(3)9-6-10-17-11-12-18-19(13-17)21-14-20-18/h7,9,11-13H,4-6,8,10,14H2,1-3H3/b15-7+,16-9+. The largest absolute Gasteiger partial charge is 0.454 e. The first-order valence-corrected chi connectivity index (χ1v) is 7.89. The topological polar surface area (TPSA) is 18.5 Å². The van der Waals surface area contributed by atoms with Crippen molar-refractivity contribution in [1.29, 1.82) is 0 Å². The Morgan fingerprint density at radius 2 is 1.81 bits per heavy atom. The summed E-state index contributed by atoms with van der Waals surface area (Å²) in [6.07, 6.45) is 10.3. The van der Waals surface area contributed by atoms with E-state index in [9.17, 15) is 0 Å². The van der Waals surface area contributed by atoms with E-state index in [1.165, 1.54) is 23.1 Å². The second-order valence-corrected chi connectivity index (χ2v) is 5.72. The Morgan fingerprint density at radius 1 is 1.05 bits per heavy atom. The smallest absolute Gasteiger partial charge is 0.231 e. The second kappa shape index (κ2) is 7.92. The lowest BCUT2D eigenvalue weighted by Gasteiger charge is -2.03. The molecule has 1 aromatic carbocycles. The molecule has 0 fully saturated rings. The van der Waals surface area contributed by atoms with Crippen molar-refractivity contribution in [3.63, 3.8) is 0 Å². The number of hydrogen-bond donors (Lipinski definition) is 0. The average molecular weight is 286 g/mol. The van der Waals surface area contributed by atoms with Gasteiger partial charge in [0.25, 0.3) is 0 Å². The molecule has 0 N–H and O–H groups in total. The SMILES string of the molecule is CC/C(C)=C/CC/C(C)=C/CCc1ccc2c(c1)OCO2. The summed E-state index contributed by atoms with van der Waals surface area (Å²) in [7, 11) is 0. The van der Waals surface area contributed by atoms with Gasteiger partial charge in [-0.25, -0.2) is 0 Å². The molecule has 0 spiro atoms. The van der Waals surface area contributed by atoms with E-state index in [0.29, 0.717) is 6.79 Å². The van der Waals surface area contributed by atoms with E-state index < -0.39 is 0 Å². The average Bonchev–Trinajstić information content (AvgIpc) is 2.94. The van der Waals surface area contributed by atoms with Gasteiger partial charge < -0.3 is 9.47 Å². The quantitative estimate of drug-likeness (QED) is 0.622. The fourth-order valence-corrected chi connectivity index (χ4v) is 2.37. The van der Waals surface area contributed by atoms with Gasteiger partial charge in [0.05, 0.1) is 0 Å². The van der Waals surface area contributed by atoms with Crippen molar-refractivity contribution in [2.24, 2.45) is 0 Å². The van der Waals surface area contributed by atoms with E-state index in [0.717, 1.165) is 37.2 Å². The molecule has 1 aliphatic rings. The molecule has 1 heterocycles. The zero-order chi connectivity index (χ0) is 15.1. The molecule has 0 aromatic heterocycles. The Bertz CT molecular complexity index is 526. The van der Waals surface area contributed by atoms with Crippen LogP contribution in [0.15, 0.2) is 41.5 Å². The number of fused-ring (bicyclic) bond motifs is 1. The summed E-state index contributed by atoms with van der Waals surface area (Å²) < 4.78 is 10.7. The molecule has 1 aromatic rings. The van der Waals surface area contributed by atoms with Gasteiger partial charge in [0, 0.05) is 0 Å². The highest BCUT2D eigenvalue weighted by Gasteiger charge is 2.12. The molecule has 0 atom stereocenters. The Balaban J connectivity index is 1.76. The lowest BCUT2D eigenvalue weighted by molar-refractivity contribution is 0.174. The maximum Gasteiger partial charge on any atom is 0.231 e. The number of hydrogen-bond acceptors (Lipinski definition) is 2. The summed E-state index contributed by atoms with van der Waals surface area (Å²) in [6, 6.07) is 6.23. The fourth-order valence-electron chi connectivity index (χ4n) is 2.37. The van der Waals surface area contributed by atoms with Crippen LogP contribution >= 0.6 is 0 Å². The first-order chi connectivity index (χ1) is 10.2. The van der Waals surface area contributed by atoms with Crippen molar-refractivity contribution >= 4 is 0 Å². The van der Waals surface area contributed by atoms with Gasteiger partial charge in [-0.3, -0.25) is 0 Å².